The molecule has 9 heavy (non-hydrogen) atoms. The molecule has 0 amide bonds. The molecular weight excluding hydrogens is 158 g/mol. The number of aliphatic hydroxyl groups excluding tert-OH is 1. The molecule has 0 saturated heterocycles. The Kier molecular flexibility index (Phi) is 16.7. The van der Waals surface area contributed by atoms with E-state index in [1.54, 1.807) is 0 Å². The average molecular weight is 166 g/mol. The summed E-state index contributed by atoms with van der Waals surface area (Å²) in [6.45, 7) is 3.04. The molecule has 0 spiro atoms. The molecule has 0 aromatic carbocycles. The molecule has 0 heterocycles. The van der Waals surface area contributed by atoms with Crippen molar-refractivity contribution in [2.45, 2.75) is 0 Å². The van der Waals surface area contributed by atoms with E-state index < -0.39 is 7.82 Å². The van der Waals surface area contributed by atoms with Crippen LogP contribution in [-0.2, 0) is 4.57 Å². The van der Waals surface area contributed by atoms with Crippen LogP contribution in [0, 0.1) is 6.92 Å². The van der Waals surface area contributed by atoms with Gasteiger partial charge in [-0.3, -0.25) is 0 Å². The van der Waals surface area contributed by atoms with Crippen LogP contribution in [0.5, 0.6) is 0 Å². The topological polar surface area (TPSA) is 98.0 Å². The molecule has 0 unspecified atom stereocenters. The van der Waals surface area contributed by atoms with Gasteiger partial charge in [0.1, 0.15) is 0 Å². The van der Waals surface area contributed by atoms with Crippen molar-refractivity contribution in [1.82, 2.24) is 0 Å². The van der Waals surface area contributed by atoms with Crippen molar-refractivity contribution in [1.29, 1.82) is 0 Å². The van der Waals surface area contributed by atoms with Crippen molar-refractivity contribution in [2.24, 2.45) is 0 Å². The van der Waals surface area contributed by atoms with Crippen LogP contribution in [-0.4, -0.2) is 26.4 Å². The molecule has 0 aliphatic rings. The summed E-state index contributed by atoms with van der Waals surface area (Å²) >= 11 is 0. The van der Waals surface area contributed by atoms with Gasteiger partial charge < -0.3 is 26.7 Å². The molecule has 4 N–H and O–H groups in total. The fourth-order valence-electron chi connectivity index (χ4n) is 0. The smallest absolute Gasteiger partial charge is 0.428 e. The van der Waals surface area contributed by atoms with Crippen LogP contribution in [0.25, 0.3) is 0 Å². The largest absolute Gasteiger partial charge is 1.00 e. The summed E-state index contributed by atoms with van der Waals surface area (Å²) in [6, 6.07) is 0. The fourth-order valence-corrected chi connectivity index (χ4v) is 0. The van der Waals surface area contributed by atoms with E-state index in [-0.39, 0.29) is 36.2 Å². The Hall–Kier alpha value is 1.07. The normalized spacial score (nSPS) is 8.56. The molecule has 0 radical (unpaired) electrons. The summed E-state index contributed by atoms with van der Waals surface area (Å²) in [5, 5.41) is 7.46. The van der Waals surface area contributed by atoms with E-state index in [1.165, 1.54) is 0 Å². The first-order valence-corrected chi connectivity index (χ1v) is 3.16. The molecule has 0 fully saturated rings. The van der Waals surface area contributed by atoms with Crippen molar-refractivity contribution in [2.75, 3.05) is 6.61 Å². The Balaban J connectivity index is -0.0000000800. The van der Waals surface area contributed by atoms with Gasteiger partial charge in [-0.15, -0.1) is 0 Å². The van der Waals surface area contributed by atoms with E-state index in [0.29, 0.717) is 0 Å². The van der Waals surface area contributed by atoms with Crippen LogP contribution in [0.1, 0.15) is 0 Å². The molecule has 0 aromatic heterocycles. The Morgan fingerprint density at radius 1 is 1.33 bits per heavy atom. The predicted octanol–water partition coefficient (Wildman–Crippen LogP) is -4.11. The van der Waals surface area contributed by atoms with E-state index in [1.807, 2.05) is 0 Å². The van der Waals surface area contributed by atoms with Gasteiger partial charge in [-0.2, -0.15) is 0 Å². The van der Waals surface area contributed by atoms with Gasteiger partial charge in [0.05, 0.1) is 0 Å². The first-order valence-electron chi connectivity index (χ1n) is 1.60. The van der Waals surface area contributed by atoms with E-state index in [9.17, 15) is 0 Å². The van der Waals surface area contributed by atoms with E-state index >= 15 is 0 Å². The minimum Gasteiger partial charge on any atom is -0.428 e. The minimum absolute atomic E-state index is 0. The summed E-state index contributed by atoms with van der Waals surface area (Å²) in [7, 11) is -4.64. The number of phosphoric acid groups is 1. The van der Waals surface area contributed by atoms with E-state index in [0.717, 1.165) is 0 Å². The van der Waals surface area contributed by atoms with Crippen molar-refractivity contribution < 1.29 is 53.9 Å². The zero-order valence-corrected chi connectivity index (χ0v) is 7.95. The number of hydrogen-bond acceptors (Lipinski definition) is 2. The SMILES string of the molecule is O=P(O)(O)O.[CH2-]CO.[Na+]. The van der Waals surface area contributed by atoms with Gasteiger partial charge in [0, 0.05) is 0 Å². The van der Waals surface area contributed by atoms with Crippen molar-refractivity contribution >= 4 is 7.82 Å². The van der Waals surface area contributed by atoms with Gasteiger partial charge in [-0.1, -0.05) is 6.61 Å². The molecule has 0 bridgehead atoms. The second kappa shape index (κ2) is 9.07. The van der Waals surface area contributed by atoms with Gasteiger partial charge in [-0.25, -0.2) is 4.57 Å². The monoisotopic (exact) mass is 166 g/mol. The Labute approximate surface area is 75.2 Å². The third-order valence-corrected chi connectivity index (χ3v) is 0. The first-order chi connectivity index (χ1) is 3.41. The van der Waals surface area contributed by atoms with Crippen molar-refractivity contribution in [3.8, 4) is 0 Å². The van der Waals surface area contributed by atoms with Gasteiger partial charge in [0.25, 0.3) is 0 Å². The molecular formula is C2H8NaO5P. The second-order valence-corrected chi connectivity index (χ2v) is 1.76. The predicted molar refractivity (Wildman–Crippen MR) is 26.7 cm³/mol. The fraction of sp³-hybridized carbons (Fsp3) is 0.500. The van der Waals surface area contributed by atoms with E-state index in [4.69, 9.17) is 24.4 Å². The first kappa shape index (κ1) is 16.6. The van der Waals surface area contributed by atoms with Crippen LogP contribution >= 0.6 is 7.82 Å². The van der Waals surface area contributed by atoms with Crippen molar-refractivity contribution in [3.63, 3.8) is 0 Å². The van der Waals surface area contributed by atoms with Gasteiger partial charge in [0.2, 0.25) is 0 Å². The van der Waals surface area contributed by atoms with Gasteiger partial charge in [-0.05, 0) is 0 Å². The maximum absolute atomic E-state index is 8.88. The van der Waals surface area contributed by atoms with Crippen LogP contribution in [0.4, 0.5) is 0 Å². The molecule has 52 valence electrons. The molecule has 0 rings (SSSR count). The summed E-state index contributed by atoms with van der Waals surface area (Å²) in [4.78, 5) is 21.6. The number of hydrogen-bond donors (Lipinski definition) is 4. The Bertz CT molecular complexity index is 70.8. The van der Waals surface area contributed by atoms with Crippen molar-refractivity contribution in [3.05, 3.63) is 6.92 Å². The number of rotatable bonds is 0. The Morgan fingerprint density at radius 3 is 1.33 bits per heavy atom. The average Bonchev–Trinajstić information content (AvgIpc) is 1.27. The third-order valence-electron chi connectivity index (χ3n) is 0. The zero-order valence-electron chi connectivity index (χ0n) is 5.06. The van der Waals surface area contributed by atoms with Gasteiger partial charge >= 0.3 is 37.4 Å². The molecule has 7 heteroatoms. The Morgan fingerprint density at radius 2 is 1.33 bits per heavy atom. The van der Waals surface area contributed by atoms with E-state index in [2.05, 4.69) is 6.92 Å². The second-order valence-electron chi connectivity index (χ2n) is 0.737. The minimum atomic E-state index is -4.64. The summed E-state index contributed by atoms with van der Waals surface area (Å²) in [5.41, 5.74) is 0. The summed E-state index contributed by atoms with van der Waals surface area (Å²) in [6.07, 6.45) is 0. The van der Waals surface area contributed by atoms with Crippen LogP contribution in [0.2, 0.25) is 0 Å². The van der Waals surface area contributed by atoms with Crippen LogP contribution < -0.4 is 29.6 Å². The van der Waals surface area contributed by atoms with Gasteiger partial charge in [0.15, 0.2) is 0 Å². The maximum atomic E-state index is 8.88. The summed E-state index contributed by atoms with van der Waals surface area (Å²) in [5.74, 6) is 0. The molecule has 0 saturated carbocycles. The molecule has 0 aromatic rings. The standard InChI is InChI=1S/C2H5O.Na.H3O4P/c1-2-3;;1-5(2,3)4/h3H,1-2H2;;(H3,1,2,3,4)/q-1;+1;. The number of aliphatic hydroxyl groups is 1. The molecule has 0 aliphatic heterocycles. The molecule has 0 atom stereocenters. The van der Waals surface area contributed by atoms with Crippen LogP contribution in [0.3, 0.4) is 0 Å². The zero-order chi connectivity index (χ0) is 7.21. The quantitative estimate of drug-likeness (QED) is 0.166. The molecule has 0 aliphatic carbocycles. The van der Waals surface area contributed by atoms with Crippen LogP contribution in [0.15, 0.2) is 0 Å². The third kappa shape index (κ3) is 396. The summed E-state index contributed by atoms with van der Waals surface area (Å²) < 4.78 is 8.88. The molecule has 5 nitrogen and oxygen atoms in total. The maximum Gasteiger partial charge on any atom is 1.00 e.